The van der Waals surface area contributed by atoms with Gasteiger partial charge >= 0.3 is 0 Å². The third-order valence-corrected chi connectivity index (χ3v) is 7.24. The second-order valence-electron chi connectivity index (χ2n) is 6.86. The molecule has 0 fully saturated rings. The van der Waals surface area contributed by atoms with Crippen LogP contribution in [0, 0.1) is 10.1 Å². The molecule has 0 aromatic heterocycles. The van der Waals surface area contributed by atoms with Gasteiger partial charge in [0.1, 0.15) is 4.90 Å². The van der Waals surface area contributed by atoms with E-state index in [0.29, 0.717) is 17.8 Å². The Hall–Kier alpha value is -3.43. The van der Waals surface area contributed by atoms with Crippen molar-refractivity contribution in [2.75, 3.05) is 16.2 Å². The van der Waals surface area contributed by atoms with Crippen molar-refractivity contribution in [1.29, 1.82) is 0 Å². The van der Waals surface area contributed by atoms with Gasteiger partial charge in [0.15, 0.2) is 0 Å². The minimum absolute atomic E-state index is 0.0104. The molecule has 0 atom stereocenters. The van der Waals surface area contributed by atoms with Gasteiger partial charge in [-0.1, -0.05) is 29.8 Å². The molecule has 3 aromatic carbocycles. The molecule has 0 aliphatic carbocycles. The SMILES string of the molecule is O=C(Nc1ccc([N+](=O)[O-])cc1)c1ccc(Cl)c(S(=O)(=O)N2CCc3ccccc32)c1. The number of anilines is 2. The molecule has 4 rings (SSSR count). The van der Waals surface area contributed by atoms with Crippen LogP contribution in [-0.4, -0.2) is 25.8 Å². The van der Waals surface area contributed by atoms with E-state index in [1.54, 1.807) is 12.1 Å². The molecule has 31 heavy (non-hydrogen) atoms. The zero-order valence-electron chi connectivity index (χ0n) is 16.0. The first kappa shape index (κ1) is 20.8. The molecule has 3 aromatic rings. The molecule has 0 radical (unpaired) electrons. The quantitative estimate of drug-likeness (QED) is 0.455. The number of hydrogen-bond donors (Lipinski definition) is 1. The minimum atomic E-state index is -3.98. The number of non-ortho nitro benzene ring substituents is 1. The van der Waals surface area contributed by atoms with E-state index in [0.717, 1.165) is 5.56 Å². The number of amides is 1. The van der Waals surface area contributed by atoms with Crippen molar-refractivity contribution in [3.63, 3.8) is 0 Å². The minimum Gasteiger partial charge on any atom is -0.322 e. The van der Waals surface area contributed by atoms with Crippen LogP contribution in [-0.2, 0) is 16.4 Å². The number of halogens is 1. The maximum atomic E-state index is 13.3. The highest BCUT2D eigenvalue weighted by Crippen LogP contribution is 2.35. The predicted octanol–water partition coefficient (Wildman–Crippen LogP) is 4.25. The fourth-order valence-corrected chi connectivity index (χ4v) is 5.39. The van der Waals surface area contributed by atoms with Crippen molar-refractivity contribution in [2.24, 2.45) is 0 Å². The summed E-state index contributed by atoms with van der Waals surface area (Å²) in [5.74, 6) is -0.566. The van der Waals surface area contributed by atoms with E-state index in [4.69, 9.17) is 11.6 Å². The number of sulfonamides is 1. The number of carbonyl (C=O) groups excluding carboxylic acids is 1. The molecule has 1 aliphatic heterocycles. The van der Waals surface area contributed by atoms with Crippen LogP contribution in [0.4, 0.5) is 17.1 Å². The Morgan fingerprint density at radius 1 is 1.06 bits per heavy atom. The van der Waals surface area contributed by atoms with Crippen LogP contribution in [0.15, 0.2) is 71.6 Å². The topological polar surface area (TPSA) is 110 Å². The van der Waals surface area contributed by atoms with Crippen LogP contribution >= 0.6 is 11.6 Å². The van der Waals surface area contributed by atoms with Gasteiger partial charge in [0, 0.05) is 29.9 Å². The largest absolute Gasteiger partial charge is 0.322 e. The van der Waals surface area contributed by atoms with Gasteiger partial charge in [-0.25, -0.2) is 8.42 Å². The van der Waals surface area contributed by atoms with Crippen molar-refractivity contribution in [3.8, 4) is 0 Å². The number of carbonyl (C=O) groups is 1. The van der Waals surface area contributed by atoms with E-state index < -0.39 is 20.9 Å². The van der Waals surface area contributed by atoms with Crippen molar-refractivity contribution in [1.82, 2.24) is 0 Å². The Labute approximate surface area is 183 Å². The smallest absolute Gasteiger partial charge is 0.269 e. The normalized spacial score (nSPS) is 13.0. The zero-order chi connectivity index (χ0) is 22.2. The molecular formula is C21H16ClN3O5S. The number of benzene rings is 3. The van der Waals surface area contributed by atoms with Gasteiger partial charge in [-0.2, -0.15) is 0 Å². The molecule has 1 amide bonds. The highest BCUT2D eigenvalue weighted by Gasteiger charge is 2.32. The first-order chi connectivity index (χ1) is 14.8. The molecule has 0 unspecified atom stereocenters. The molecule has 10 heteroatoms. The number of fused-ring (bicyclic) bond motifs is 1. The van der Waals surface area contributed by atoms with Crippen molar-refractivity contribution in [3.05, 3.63) is 93.0 Å². The molecule has 8 nitrogen and oxygen atoms in total. The number of nitrogens with one attached hydrogen (secondary N) is 1. The van der Waals surface area contributed by atoms with Gasteiger partial charge in [0.05, 0.1) is 15.6 Å². The molecule has 158 valence electrons. The Balaban J connectivity index is 1.62. The summed E-state index contributed by atoms with van der Waals surface area (Å²) in [4.78, 5) is 22.7. The lowest BCUT2D eigenvalue weighted by Crippen LogP contribution is -2.29. The van der Waals surface area contributed by atoms with Crippen molar-refractivity contribution < 1.29 is 18.1 Å². The molecule has 1 heterocycles. The van der Waals surface area contributed by atoms with Crippen molar-refractivity contribution in [2.45, 2.75) is 11.3 Å². The number of para-hydroxylation sites is 1. The second-order valence-corrected chi connectivity index (χ2v) is 9.10. The maximum Gasteiger partial charge on any atom is 0.269 e. The summed E-state index contributed by atoms with van der Waals surface area (Å²) in [5.41, 5.74) is 1.84. The number of nitro benzene ring substituents is 1. The molecule has 1 aliphatic rings. The Morgan fingerprint density at radius 2 is 1.77 bits per heavy atom. The number of hydrogen-bond acceptors (Lipinski definition) is 5. The molecular weight excluding hydrogens is 442 g/mol. The van der Waals surface area contributed by atoms with Gasteiger partial charge < -0.3 is 5.32 Å². The van der Waals surface area contributed by atoms with Crippen LogP contribution in [0.5, 0.6) is 0 Å². The lowest BCUT2D eigenvalue weighted by atomic mass is 10.2. The van der Waals surface area contributed by atoms with Gasteiger partial charge in [0.2, 0.25) is 0 Å². The Kier molecular flexibility index (Phi) is 5.38. The molecule has 0 spiro atoms. The fourth-order valence-electron chi connectivity index (χ4n) is 3.39. The van der Waals surface area contributed by atoms with Gasteiger partial charge in [0.25, 0.3) is 21.6 Å². The second kappa shape index (κ2) is 8.01. The van der Waals surface area contributed by atoms with Crippen LogP contribution in [0.25, 0.3) is 0 Å². The lowest BCUT2D eigenvalue weighted by Gasteiger charge is -2.20. The monoisotopic (exact) mass is 457 g/mol. The van der Waals surface area contributed by atoms with E-state index in [9.17, 15) is 23.3 Å². The van der Waals surface area contributed by atoms with Gasteiger partial charge in [-0.3, -0.25) is 19.2 Å². The number of rotatable bonds is 5. The fraction of sp³-hybridized carbons (Fsp3) is 0.0952. The molecule has 1 N–H and O–H groups in total. The zero-order valence-corrected chi connectivity index (χ0v) is 17.6. The first-order valence-corrected chi connectivity index (χ1v) is 11.1. The summed E-state index contributed by atoms with van der Waals surface area (Å²) in [5, 5.41) is 13.4. The summed E-state index contributed by atoms with van der Waals surface area (Å²) in [7, 11) is -3.98. The summed E-state index contributed by atoms with van der Waals surface area (Å²) < 4.78 is 27.9. The maximum absolute atomic E-state index is 13.3. The molecule has 0 bridgehead atoms. The molecule has 0 saturated heterocycles. The van der Waals surface area contributed by atoms with Crippen molar-refractivity contribution >= 4 is 44.6 Å². The Morgan fingerprint density at radius 3 is 2.48 bits per heavy atom. The molecule has 0 saturated carbocycles. The van der Waals surface area contributed by atoms with Gasteiger partial charge in [-0.15, -0.1) is 0 Å². The van der Waals surface area contributed by atoms with Crippen LogP contribution < -0.4 is 9.62 Å². The van der Waals surface area contributed by atoms with E-state index in [1.807, 2.05) is 12.1 Å². The highest BCUT2D eigenvalue weighted by atomic mass is 35.5. The first-order valence-electron chi connectivity index (χ1n) is 9.23. The highest BCUT2D eigenvalue weighted by molar-refractivity contribution is 7.93. The van der Waals surface area contributed by atoms with Crippen LogP contribution in [0.3, 0.4) is 0 Å². The Bertz CT molecular complexity index is 1290. The average Bonchev–Trinajstić information content (AvgIpc) is 3.19. The van der Waals surface area contributed by atoms with E-state index in [-0.39, 0.29) is 27.7 Å². The van der Waals surface area contributed by atoms with Crippen LogP contribution in [0.1, 0.15) is 15.9 Å². The van der Waals surface area contributed by atoms with E-state index in [2.05, 4.69) is 5.32 Å². The number of nitro groups is 1. The number of nitrogens with zero attached hydrogens (tertiary/aromatic N) is 2. The summed E-state index contributed by atoms with van der Waals surface area (Å²) in [6, 6.07) is 16.6. The van der Waals surface area contributed by atoms with Crippen LogP contribution in [0.2, 0.25) is 5.02 Å². The summed E-state index contributed by atoms with van der Waals surface area (Å²) >= 11 is 6.20. The lowest BCUT2D eigenvalue weighted by molar-refractivity contribution is -0.384. The average molecular weight is 458 g/mol. The van der Waals surface area contributed by atoms with E-state index in [1.165, 1.54) is 46.8 Å². The third-order valence-electron chi connectivity index (χ3n) is 4.94. The standard InChI is InChI=1S/C21H16ClN3O5S/c22-18-10-5-15(21(26)23-16-6-8-17(9-7-16)25(27)28)13-20(18)31(29,30)24-12-11-14-3-1-2-4-19(14)24/h1-10,13H,11-12H2,(H,23,26). The third kappa shape index (κ3) is 3.97. The predicted molar refractivity (Wildman–Crippen MR) is 117 cm³/mol. The summed E-state index contributed by atoms with van der Waals surface area (Å²) in [6.07, 6.45) is 0.591. The summed E-state index contributed by atoms with van der Waals surface area (Å²) in [6.45, 7) is 0.289. The van der Waals surface area contributed by atoms with Gasteiger partial charge in [-0.05, 0) is 48.4 Å². The van der Waals surface area contributed by atoms with E-state index >= 15 is 0 Å².